The summed E-state index contributed by atoms with van der Waals surface area (Å²) in [6, 6.07) is 0. The number of unbranched alkanes of at least 4 members (excludes halogenated alkanes) is 38. The molecular formula is C77H134O6. The van der Waals surface area contributed by atoms with Crippen molar-refractivity contribution in [2.75, 3.05) is 13.2 Å². The lowest BCUT2D eigenvalue weighted by atomic mass is 10.0. The van der Waals surface area contributed by atoms with Gasteiger partial charge >= 0.3 is 17.9 Å². The van der Waals surface area contributed by atoms with Crippen molar-refractivity contribution < 1.29 is 28.6 Å². The van der Waals surface area contributed by atoms with Crippen molar-refractivity contribution in [1.82, 2.24) is 0 Å². The molecule has 0 radical (unpaired) electrons. The number of carbonyl (C=O) groups is 3. The Morgan fingerprint density at radius 1 is 0.253 bits per heavy atom. The summed E-state index contributed by atoms with van der Waals surface area (Å²) < 4.78 is 17.0. The van der Waals surface area contributed by atoms with Gasteiger partial charge in [0, 0.05) is 19.3 Å². The quantitative estimate of drug-likeness (QED) is 0.0261. The van der Waals surface area contributed by atoms with Gasteiger partial charge in [-0.05, 0) is 103 Å². The first-order chi connectivity index (χ1) is 41.0. The Morgan fingerprint density at radius 3 is 0.759 bits per heavy atom. The third-order valence-electron chi connectivity index (χ3n) is 15.6. The second-order valence-corrected chi connectivity index (χ2v) is 23.8. The molecule has 6 heteroatoms. The number of allylic oxidation sites excluding steroid dienone is 16. The van der Waals surface area contributed by atoms with Crippen LogP contribution in [0.15, 0.2) is 97.2 Å². The Kier molecular flexibility index (Phi) is 67.7. The highest BCUT2D eigenvalue weighted by Gasteiger charge is 2.19. The van der Waals surface area contributed by atoms with Crippen molar-refractivity contribution in [3.05, 3.63) is 97.2 Å². The maximum atomic E-state index is 13.0. The Morgan fingerprint density at radius 2 is 0.470 bits per heavy atom. The van der Waals surface area contributed by atoms with E-state index in [1.165, 1.54) is 212 Å². The van der Waals surface area contributed by atoms with Crippen LogP contribution in [0.25, 0.3) is 0 Å². The van der Waals surface area contributed by atoms with Gasteiger partial charge in [-0.25, -0.2) is 0 Å². The molecule has 0 spiro atoms. The van der Waals surface area contributed by atoms with Crippen molar-refractivity contribution in [2.24, 2.45) is 0 Å². The van der Waals surface area contributed by atoms with E-state index in [0.717, 1.165) is 96.3 Å². The summed E-state index contributed by atoms with van der Waals surface area (Å²) in [6.45, 7) is 6.53. The normalized spacial score (nSPS) is 12.7. The minimum atomic E-state index is -0.805. The topological polar surface area (TPSA) is 78.9 Å². The van der Waals surface area contributed by atoms with Gasteiger partial charge in [0.05, 0.1) is 0 Å². The summed E-state index contributed by atoms with van der Waals surface area (Å²) >= 11 is 0. The second-order valence-electron chi connectivity index (χ2n) is 23.8. The van der Waals surface area contributed by atoms with Gasteiger partial charge in [-0.15, -0.1) is 0 Å². The molecule has 0 aromatic rings. The Balaban J connectivity index is 4.42. The van der Waals surface area contributed by atoms with Gasteiger partial charge in [-0.1, -0.05) is 330 Å². The van der Waals surface area contributed by atoms with E-state index in [9.17, 15) is 14.4 Å². The van der Waals surface area contributed by atoms with Gasteiger partial charge in [-0.3, -0.25) is 14.4 Å². The van der Waals surface area contributed by atoms with Crippen LogP contribution in [0.2, 0.25) is 0 Å². The molecule has 1 atom stereocenters. The SMILES string of the molecule is CC/C=C\C/C=C\C/C=C\C/C=C\C/C=C\C/C=C\CCCCC(=O)OC(COC(=O)CCCCCCCCCCC/C=C\C/C=C\CCCCCCC)COC(=O)CCCCCCCCCCCCCCCCCCCCCCCCC. The van der Waals surface area contributed by atoms with Crippen LogP contribution in [0.1, 0.15) is 355 Å². The van der Waals surface area contributed by atoms with Crippen molar-refractivity contribution >= 4 is 17.9 Å². The van der Waals surface area contributed by atoms with Crippen LogP contribution in [0.4, 0.5) is 0 Å². The van der Waals surface area contributed by atoms with E-state index in [4.69, 9.17) is 14.2 Å². The average Bonchev–Trinajstić information content (AvgIpc) is 3.49. The number of hydrogen-bond donors (Lipinski definition) is 0. The number of carbonyl (C=O) groups excluding carboxylic acids is 3. The van der Waals surface area contributed by atoms with Crippen molar-refractivity contribution in [2.45, 2.75) is 361 Å². The third-order valence-corrected chi connectivity index (χ3v) is 15.6. The lowest BCUT2D eigenvalue weighted by Gasteiger charge is -2.18. The first-order valence-corrected chi connectivity index (χ1v) is 35.7. The minimum Gasteiger partial charge on any atom is -0.462 e. The largest absolute Gasteiger partial charge is 0.462 e. The monoisotopic (exact) mass is 1160 g/mol. The van der Waals surface area contributed by atoms with E-state index in [1.807, 2.05) is 0 Å². The van der Waals surface area contributed by atoms with Gasteiger partial charge in [0.2, 0.25) is 0 Å². The number of ether oxygens (including phenoxy) is 3. The van der Waals surface area contributed by atoms with E-state index in [-0.39, 0.29) is 37.5 Å². The molecule has 6 nitrogen and oxygen atoms in total. The van der Waals surface area contributed by atoms with Crippen LogP contribution in [0, 0.1) is 0 Å². The van der Waals surface area contributed by atoms with Gasteiger partial charge in [-0.2, -0.15) is 0 Å². The summed E-state index contributed by atoms with van der Waals surface area (Å²) in [4.78, 5) is 38.5. The highest BCUT2D eigenvalue weighted by atomic mass is 16.6. The summed E-state index contributed by atoms with van der Waals surface area (Å²) in [6.07, 6.45) is 95.8. The molecular weight excluding hydrogens is 1020 g/mol. The second kappa shape index (κ2) is 70.8. The molecule has 0 aliphatic rings. The lowest BCUT2D eigenvalue weighted by Crippen LogP contribution is -2.30. The zero-order chi connectivity index (χ0) is 59.9. The van der Waals surface area contributed by atoms with E-state index < -0.39 is 6.10 Å². The fraction of sp³-hybridized carbons (Fsp3) is 0.753. The molecule has 0 saturated heterocycles. The summed E-state index contributed by atoms with van der Waals surface area (Å²) in [5.41, 5.74) is 0. The molecule has 0 bridgehead atoms. The van der Waals surface area contributed by atoms with Crippen molar-refractivity contribution in [3.63, 3.8) is 0 Å². The molecule has 0 heterocycles. The molecule has 0 aliphatic carbocycles. The fourth-order valence-corrected chi connectivity index (χ4v) is 10.2. The molecule has 83 heavy (non-hydrogen) atoms. The molecule has 478 valence electrons. The molecule has 0 aromatic carbocycles. The highest BCUT2D eigenvalue weighted by Crippen LogP contribution is 2.18. The summed E-state index contributed by atoms with van der Waals surface area (Å²) in [5, 5.41) is 0. The van der Waals surface area contributed by atoms with Gasteiger partial charge < -0.3 is 14.2 Å². The summed E-state index contributed by atoms with van der Waals surface area (Å²) in [5.74, 6) is -0.924. The number of rotatable bonds is 65. The molecule has 0 rings (SSSR count). The van der Waals surface area contributed by atoms with Crippen LogP contribution in [0.5, 0.6) is 0 Å². The van der Waals surface area contributed by atoms with Crippen LogP contribution >= 0.6 is 0 Å². The number of hydrogen-bond acceptors (Lipinski definition) is 6. The van der Waals surface area contributed by atoms with Gasteiger partial charge in [0.1, 0.15) is 13.2 Å². The predicted molar refractivity (Wildman–Crippen MR) is 362 cm³/mol. The fourth-order valence-electron chi connectivity index (χ4n) is 10.2. The standard InChI is InChI=1S/C77H134O6/c1-4-7-10-13-16-19-22-25-28-31-34-37-38-41-43-46-49-52-55-58-61-64-67-70-76(79)82-73-74(83-77(80)71-68-65-62-59-56-53-50-47-44-40-36-33-30-27-24-21-18-15-12-9-6-3)72-81-75(78)69-66-63-60-57-54-51-48-45-42-39-35-32-29-26-23-20-17-14-11-8-5-2/h9,12,18,21,23,26-27,30,32,35-36,40,47,50,56,59,74H,4-8,10-11,13-17,19-20,22,24-25,28-29,31,33-34,37-39,41-46,48-49,51-55,57-58,60-73H2,1-3H3/b12-9-,21-18-,26-23-,30-27-,35-32-,40-36-,50-47-,59-56-. The molecule has 0 amide bonds. The van der Waals surface area contributed by atoms with E-state index in [1.54, 1.807) is 0 Å². The average molecular weight is 1160 g/mol. The van der Waals surface area contributed by atoms with Crippen LogP contribution in [-0.2, 0) is 28.6 Å². The van der Waals surface area contributed by atoms with Crippen LogP contribution < -0.4 is 0 Å². The summed E-state index contributed by atoms with van der Waals surface area (Å²) in [7, 11) is 0. The lowest BCUT2D eigenvalue weighted by molar-refractivity contribution is -0.167. The molecule has 0 saturated carbocycles. The van der Waals surface area contributed by atoms with E-state index >= 15 is 0 Å². The smallest absolute Gasteiger partial charge is 0.306 e. The van der Waals surface area contributed by atoms with E-state index in [2.05, 4.69) is 118 Å². The maximum Gasteiger partial charge on any atom is 0.306 e. The highest BCUT2D eigenvalue weighted by molar-refractivity contribution is 5.71. The molecule has 0 N–H and O–H groups in total. The van der Waals surface area contributed by atoms with Gasteiger partial charge in [0.25, 0.3) is 0 Å². The van der Waals surface area contributed by atoms with Crippen molar-refractivity contribution in [1.29, 1.82) is 0 Å². The molecule has 1 unspecified atom stereocenters. The maximum absolute atomic E-state index is 13.0. The third kappa shape index (κ3) is 69.0. The molecule has 0 aliphatic heterocycles. The number of esters is 3. The minimum absolute atomic E-state index is 0.0938. The zero-order valence-corrected chi connectivity index (χ0v) is 54.9. The van der Waals surface area contributed by atoms with Crippen LogP contribution in [-0.4, -0.2) is 37.2 Å². The van der Waals surface area contributed by atoms with Gasteiger partial charge in [0.15, 0.2) is 6.10 Å². The first kappa shape index (κ1) is 79.3. The van der Waals surface area contributed by atoms with Crippen LogP contribution in [0.3, 0.4) is 0 Å². The Hall–Kier alpha value is -3.67. The Bertz CT molecular complexity index is 1610. The van der Waals surface area contributed by atoms with E-state index in [0.29, 0.717) is 19.3 Å². The molecule has 0 fully saturated rings. The van der Waals surface area contributed by atoms with Crippen molar-refractivity contribution in [3.8, 4) is 0 Å². The zero-order valence-electron chi connectivity index (χ0n) is 54.9. The molecule has 0 aromatic heterocycles. The predicted octanol–water partition coefficient (Wildman–Crippen LogP) is 24.8. The first-order valence-electron chi connectivity index (χ1n) is 35.7. The Labute approximate surface area is 515 Å².